The number of alkyl halides is 3. The molecule has 2 aromatic rings. The summed E-state index contributed by atoms with van der Waals surface area (Å²) in [7, 11) is 0. The number of benzene rings is 1. The highest BCUT2D eigenvalue weighted by Crippen LogP contribution is 2.32. The van der Waals surface area contributed by atoms with Crippen molar-refractivity contribution in [3.63, 3.8) is 0 Å². The van der Waals surface area contributed by atoms with E-state index in [-0.39, 0.29) is 18.7 Å². The van der Waals surface area contributed by atoms with E-state index in [0.717, 1.165) is 11.8 Å². The van der Waals surface area contributed by atoms with E-state index >= 15 is 0 Å². The minimum atomic E-state index is -4.41. The van der Waals surface area contributed by atoms with Crippen LogP contribution in [0.4, 0.5) is 18.0 Å². The zero-order valence-corrected chi connectivity index (χ0v) is 12.0. The van der Waals surface area contributed by atoms with Crippen molar-refractivity contribution in [2.24, 2.45) is 0 Å². The van der Waals surface area contributed by atoms with Gasteiger partial charge < -0.3 is 14.6 Å². The van der Waals surface area contributed by atoms with Gasteiger partial charge in [-0.25, -0.2) is 9.78 Å². The molecular weight excluding hydrogens is 311 g/mol. The molecule has 3 rings (SSSR count). The molecule has 5 nitrogen and oxygen atoms in total. The maximum Gasteiger partial charge on any atom is 0.416 e. The third-order valence-corrected chi connectivity index (χ3v) is 3.93. The Balaban J connectivity index is 1.88. The van der Waals surface area contributed by atoms with Gasteiger partial charge in [0.15, 0.2) is 0 Å². The van der Waals surface area contributed by atoms with Crippen LogP contribution in [0, 0.1) is 0 Å². The van der Waals surface area contributed by atoms with Crippen LogP contribution in [0.15, 0.2) is 30.6 Å². The van der Waals surface area contributed by atoms with Gasteiger partial charge in [0.05, 0.1) is 24.1 Å². The van der Waals surface area contributed by atoms with Gasteiger partial charge in [-0.2, -0.15) is 13.2 Å². The molecule has 0 saturated heterocycles. The maximum absolute atomic E-state index is 13.1. The second-order valence-corrected chi connectivity index (χ2v) is 5.37. The van der Waals surface area contributed by atoms with Crippen LogP contribution < -0.4 is 0 Å². The summed E-state index contributed by atoms with van der Waals surface area (Å²) in [5.41, 5.74) is 0.897. The average Bonchev–Trinajstić information content (AvgIpc) is 2.89. The fourth-order valence-corrected chi connectivity index (χ4v) is 2.79. The van der Waals surface area contributed by atoms with Crippen LogP contribution in [-0.4, -0.2) is 32.2 Å². The minimum Gasteiger partial charge on any atom is -0.465 e. The van der Waals surface area contributed by atoms with E-state index in [1.165, 1.54) is 23.4 Å². The number of hydrogen-bond acceptors (Lipinski definition) is 2. The van der Waals surface area contributed by atoms with Crippen molar-refractivity contribution in [1.82, 2.24) is 14.5 Å². The molecule has 0 saturated carbocycles. The first-order chi connectivity index (χ1) is 10.9. The zero-order chi connectivity index (χ0) is 16.6. The number of amides is 1. The molecule has 1 N–H and O–H groups in total. The van der Waals surface area contributed by atoms with Gasteiger partial charge in [0, 0.05) is 25.2 Å². The van der Waals surface area contributed by atoms with Gasteiger partial charge in [0.2, 0.25) is 0 Å². The predicted octanol–water partition coefficient (Wildman–Crippen LogP) is 2.99. The van der Waals surface area contributed by atoms with Crippen molar-refractivity contribution in [3.8, 4) is 0 Å². The van der Waals surface area contributed by atoms with Gasteiger partial charge in [-0.1, -0.05) is 18.2 Å². The number of nitrogens with zero attached hydrogens (tertiary/aromatic N) is 3. The summed E-state index contributed by atoms with van der Waals surface area (Å²) in [5.74, 6) is 0. The number of aromatic nitrogens is 2. The van der Waals surface area contributed by atoms with Crippen molar-refractivity contribution in [1.29, 1.82) is 0 Å². The van der Waals surface area contributed by atoms with Crippen LogP contribution in [0.3, 0.4) is 0 Å². The Morgan fingerprint density at radius 3 is 2.74 bits per heavy atom. The molecule has 0 aliphatic carbocycles. The summed E-state index contributed by atoms with van der Waals surface area (Å²) in [5, 5.41) is 9.00. The molecule has 1 aromatic heterocycles. The molecule has 8 heteroatoms. The van der Waals surface area contributed by atoms with E-state index in [1.54, 1.807) is 10.6 Å². The number of rotatable bonds is 2. The number of halogens is 3. The normalized spacial score (nSPS) is 14.7. The molecule has 0 radical (unpaired) electrons. The topological polar surface area (TPSA) is 58.4 Å². The summed E-state index contributed by atoms with van der Waals surface area (Å²) in [6.07, 6.45) is -3.51. The van der Waals surface area contributed by atoms with Crippen LogP contribution in [-0.2, 0) is 25.7 Å². The van der Waals surface area contributed by atoms with Gasteiger partial charge in [0.25, 0.3) is 0 Å². The largest absolute Gasteiger partial charge is 0.465 e. The molecule has 0 spiro atoms. The van der Waals surface area contributed by atoms with E-state index < -0.39 is 17.8 Å². The van der Waals surface area contributed by atoms with Crippen LogP contribution >= 0.6 is 0 Å². The van der Waals surface area contributed by atoms with Crippen molar-refractivity contribution in [2.75, 3.05) is 6.54 Å². The maximum atomic E-state index is 13.1. The molecule has 1 aliphatic heterocycles. The quantitative estimate of drug-likeness (QED) is 0.923. The fourth-order valence-electron chi connectivity index (χ4n) is 2.79. The van der Waals surface area contributed by atoms with Crippen molar-refractivity contribution < 1.29 is 23.1 Å². The monoisotopic (exact) mass is 325 g/mol. The molecule has 0 bridgehead atoms. The Bertz CT molecular complexity index is 740. The summed E-state index contributed by atoms with van der Waals surface area (Å²) in [6, 6.07) is 5.44. The third-order valence-electron chi connectivity index (χ3n) is 3.93. The van der Waals surface area contributed by atoms with Gasteiger partial charge >= 0.3 is 12.3 Å². The lowest BCUT2D eigenvalue weighted by Gasteiger charge is -2.24. The number of imidazole rings is 1. The molecule has 0 atom stereocenters. The van der Waals surface area contributed by atoms with Gasteiger partial charge in [-0.15, -0.1) is 0 Å². The van der Waals surface area contributed by atoms with Crippen LogP contribution in [0.25, 0.3) is 0 Å². The highest BCUT2D eigenvalue weighted by atomic mass is 19.4. The number of fused-ring (bicyclic) bond motifs is 1. The van der Waals surface area contributed by atoms with E-state index in [0.29, 0.717) is 18.7 Å². The first-order valence-corrected chi connectivity index (χ1v) is 7.02. The lowest BCUT2D eigenvalue weighted by atomic mass is 10.1. The molecule has 23 heavy (non-hydrogen) atoms. The van der Waals surface area contributed by atoms with Gasteiger partial charge in [-0.3, -0.25) is 0 Å². The SMILES string of the molecule is O=C(O)N1CCc2c(ncn2Cc2ccccc2C(F)(F)F)C1. The first kappa shape index (κ1) is 15.4. The Morgan fingerprint density at radius 2 is 2.04 bits per heavy atom. The summed E-state index contributed by atoms with van der Waals surface area (Å²) in [4.78, 5) is 16.4. The number of hydrogen-bond donors (Lipinski definition) is 1. The van der Waals surface area contributed by atoms with Crippen LogP contribution in [0.1, 0.15) is 22.5 Å². The Kier molecular flexibility index (Phi) is 3.75. The molecule has 1 amide bonds. The summed E-state index contributed by atoms with van der Waals surface area (Å²) < 4.78 is 40.8. The molecule has 0 fully saturated rings. The first-order valence-electron chi connectivity index (χ1n) is 7.02. The van der Waals surface area contributed by atoms with E-state index in [1.807, 2.05) is 0 Å². The minimum absolute atomic E-state index is 0.0606. The highest BCUT2D eigenvalue weighted by Gasteiger charge is 2.33. The highest BCUT2D eigenvalue weighted by molar-refractivity contribution is 5.65. The summed E-state index contributed by atoms with van der Waals surface area (Å²) >= 11 is 0. The van der Waals surface area contributed by atoms with Crippen LogP contribution in [0.5, 0.6) is 0 Å². The fraction of sp³-hybridized carbons (Fsp3) is 0.333. The predicted molar refractivity (Wildman–Crippen MR) is 74.9 cm³/mol. The van der Waals surface area contributed by atoms with Crippen molar-refractivity contribution in [2.45, 2.75) is 25.7 Å². The Hall–Kier alpha value is -2.51. The number of carbonyl (C=O) groups is 1. The van der Waals surface area contributed by atoms with Gasteiger partial charge in [0.1, 0.15) is 0 Å². The molecular formula is C15H14F3N3O2. The van der Waals surface area contributed by atoms with Crippen molar-refractivity contribution >= 4 is 6.09 Å². The third kappa shape index (κ3) is 3.01. The van der Waals surface area contributed by atoms with Gasteiger partial charge in [-0.05, 0) is 11.6 Å². The standard InChI is InChI=1S/C15H14F3N3O2/c16-15(17,18)11-4-2-1-3-10(11)7-21-9-19-12-8-20(14(22)23)6-5-13(12)21/h1-4,9H,5-8H2,(H,22,23). The molecule has 2 heterocycles. The molecule has 1 aromatic carbocycles. The zero-order valence-electron chi connectivity index (χ0n) is 12.0. The Morgan fingerprint density at radius 1 is 1.30 bits per heavy atom. The second-order valence-electron chi connectivity index (χ2n) is 5.37. The van der Waals surface area contributed by atoms with Crippen molar-refractivity contribution in [3.05, 3.63) is 53.1 Å². The van der Waals surface area contributed by atoms with E-state index in [4.69, 9.17) is 5.11 Å². The van der Waals surface area contributed by atoms with E-state index in [9.17, 15) is 18.0 Å². The molecule has 1 aliphatic rings. The molecule has 122 valence electrons. The van der Waals surface area contributed by atoms with E-state index in [2.05, 4.69) is 4.98 Å². The Labute approximate surface area is 130 Å². The smallest absolute Gasteiger partial charge is 0.416 e. The second kappa shape index (κ2) is 5.60. The lowest BCUT2D eigenvalue weighted by molar-refractivity contribution is -0.138. The average molecular weight is 325 g/mol. The number of carboxylic acid groups (broad SMARTS) is 1. The lowest BCUT2D eigenvalue weighted by Crippen LogP contribution is -2.35. The van der Waals surface area contributed by atoms with Crippen LogP contribution in [0.2, 0.25) is 0 Å². The summed E-state index contributed by atoms with van der Waals surface area (Å²) in [6.45, 7) is 0.540. The molecule has 0 unspecified atom stereocenters.